The molecule has 2 saturated carbocycles. The molecule has 0 N–H and O–H groups in total. The van der Waals surface area contributed by atoms with E-state index in [0.29, 0.717) is 5.41 Å². The van der Waals surface area contributed by atoms with Crippen LogP contribution in [0.15, 0.2) is 30.3 Å². The van der Waals surface area contributed by atoms with Crippen molar-refractivity contribution in [2.75, 3.05) is 0 Å². The average molecular weight is 258 g/mol. The van der Waals surface area contributed by atoms with E-state index in [1.54, 1.807) is 0 Å². The molecule has 4 rings (SSSR count). The van der Waals surface area contributed by atoms with Crippen LogP contribution in [0.25, 0.3) is 0 Å². The molecular formula is C17H22O2. The normalized spacial score (nSPS) is 46.5. The van der Waals surface area contributed by atoms with Crippen molar-refractivity contribution < 1.29 is 9.47 Å². The van der Waals surface area contributed by atoms with Crippen molar-refractivity contribution in [3.8, 4) is 0 Å². The van der Waals surface area contributed by atoms with E-state index >= 15 is 0 Å². The summed E-state index contributed by atoms with van der Waals surface area (Å²) in [5, 5.41) is 0. The molecule has 1 aromatic rings. The minimum absolute atomic E-state index is 0.0879. The van der Waals surface area contributed by atoms with E-state index in [1.807, 2.05) is 18.2 Å². The van der Waals surface area contributed by atoms with Crippen LogP contribution >= 0.6 is 0 Å². The third kappa shape index (κ3) is 1.63. The summed E-state index contributed by atoms with van der Waals surface area (Å²) in [6.45, 7) is 7.02. The number of ether oxygens (including phenoxy) is 2. The Kier molecular flexibility index (Phi) is 2.27. The van der Waals surface area contributed by atoms with Gasteiger partial charge in [-0.1, -0.05) is 44.2 Å². The number of rotatable bonds is 1. The summed E-state index contributed by atoms with van der Waals surface area (Å²) in [6.07, 6.45) is 2.41. The first kappa shape index (κ1) is 11.9. The lowest BCUT2D eigenvalue weighted by atomic mass is 9.84. The van der Waals surface area contributed by atoms with Gasteiger partial charge in [-0.3, -0.25) is 0 Å². The predicted octanol–water partition coefficient (Wildman–Crippen LogP) is 3.93. The van der Waals surface area contributed by atoms with Crippen LogP contribution in [-0.4, -0.2) is 11.7 Å². The lowest BCUT2D eigenvalue weighted by Crippen LogP contribution is -2.40. The fourth-order valence-corrected chi connectivity index (χ4v) is 4.28. The third-order valence-electron chi connectivity index (χ3n) is 5.80. The van der Waals surface area contributed by atoms with Crippen LogP contribution in [0.2, 0.25) is 0 Å². The Labute approximate surface area is 115 Å². The number of hydrogen-bond acceptors (Lipinski definition) is 2. The molecule has 2 heteroatoms. The van der Waals surface area contributed by atoms with E-state index in [4.69, 9.17) is 9.47 Å². The molecule has 0 unspecified atom stereocenters. The highest BCUT2D eigenvalue weighted by Crippen LogP contribution is 2.68. The molecule has 1 aromatic carbocycles. The molecule has 19 heavy (non-hydrogen) atoms. The molecule has 5 atom stereocenters. The Balaban J connectivity index is 1.57. The summed E-state index contributed by atoms with van der Waals surface area (Å²) in [7, 11) is 0. The second-order valence-corrected chi connectivity index (χ2v) is 7.27. The summed E-state index contributed by atoms with van der Waals surface area (Å²) in [5.74, 6) is 1.66. The zero-order valence-electron chi connectivity index (χ0n) is 11.9. The first-order chi connectivity index (χ1) is 9.01. The van der Waals surface area contributed by atoms with Gasteiger partial charge >= 0.3 is 0 Å². The highest BCUT2D eigenvalue weighted by atomic mass is 16.7. The molecule has 1 heterocycles. The van der Waals surface area contributed by atoms with E-state index in [-0.39, 0.29) is 18.0 Å². The first-order valence-corrected chi connectivity index (χ1v) is 7.39. The average Bonchev–Trinajstić information content (AvgIpc) is 2.77. The lowest BCUT2D eigenvalue weighted by molar-refractivity contribution is -0.0911. The first-order valence-electron chi connectivity index (χ1n) is 7.39. The van der Waals surface area contributed by atoms with Crippen LogP contribution in [0.4, 0.5) is 0 Å². The van der Waals surface area contributed by atoms with Crippen molar-refractivity contribution in [2.45, 2.75) is 51.6 Å². The summed E-state index contributed by atoms with van der Waals surface area (Å²) < 4.78 is 12.5. The van der Waals surface area contributed by atoms with Crippen molar-refractivity contribution in [1.82, 2.24) is 0 Å². The van der Waals surface area contributed by atoms with Crippen LogP contribution < -0.4 is 0 Å². The van der Waals surface area contributed by atoms with Gasteiger partial charge in [0.25, 0.3) is 0 Å². The molecule has 1 aliphatic heterocycles. The van der Waals surface area contributed by atoms with Gasteiger partial charge in [-0.25, -0.2) is 0 Å². The van der Waals surface area contributed by atoms with Gasteiger partial charge in [0.15, 0.2) is 6.29 Å². The summed E-state index contributed by atoms with van der Waals surface area (Å²) in [6, 6.07) is 10.3. The van der Waals surface area contributed by atoms with Gasteiger partial charge in [0, 0.05) is 5.56 Å². The molecule has 0 spiro atoms. The van der Waals surface area contributed by atoms with Gasteiger partial charge < -0.3 is 9.47 Å². The minimum Gasteiger partial charge on any atom is -0.342 e. The van der Waals surface area contributed by atoms with Crippen molar-refractivity contribution >= 4 is 0 Å². The van der Waals surface area contributed by atoms with Gasteiger partial charge in [0.2, 0.25) is 0 Å². The maximum atomic E-state index is 6.31. The van der Waals surface area contributed by atoms with E-state index in [1.165, 1.54) is 0 Å². The summed E-state index contributed by atoms with van der Waals surface area (Å²) >= 11 is 0. The molecule has 2 nitrogen and oxygen atoms in total. The molecule has 102 valence electrons. The van der Waals surface area contributed by atoms with Crippen LogP contribution in [0.1, 0.15) is 45.5 Å². The second-order valence-electron chi connectivity index (χ2n) is 7.27. The Morgan fingerprint density at radius 3 is 2.53 bits per heavy atom. The van der Waals surface area contributed by atoms with Crippen molar-refractivity contribution in [1.29, 1.82) is 0 Å². The van der Waals surface area contributed by atoms with Gasteiger partial charge in [-0.05, 0) is 37.0 Å². The molecule has 1 saturated heterocycles. The fourth-order valence-electron chi connectivity index (χ4n) is 4.28. The fraction of sp³-hybridized carbons (Fsp3) is 0.647. The van der Waals surface area contributed by atoms with E-state index in [0.717, 1.165) is 30.2 Å². The monoisotopic (exact) mass is 258 g/mol. The zero-order chi connectivity index (χ0) is 13.3. The van der Waals surface area contributed by atoms with Crippen LogP contribution in [-0.2, 0) is 9.47 Å². The lowest BCUT2D eigenvalue weighted by Gasteiger charge is -2.32. The summed E-state index contributed by atoms with van der Waals surface area (Å²) in [5.41, 5.74) is 1.56. The molecular weight excluding hydrogens is 236 g/mol. The number of benzene rings is 1. The molecule has 3 fully saturated rings. The van der Waals surface area contributed by atoms with Gasteiger partial charge in [0.1, 0.15) is 0 Å². The maximum Gasteiger partial charge on any atom is 0.185 e. The van der Waals surface area contributed by atoms with Crippen LogP contribution in [0.5, 0.6) is 0 Å². The molecule has 0 amide bonds. The molecule has 3 aliphatic rings. The SMILES string of the molecule is CC1(C)[C@@H]2C[C@H]3O[C@H](c4ccccc4)O[C@@]3(C)C[C@@H]21. The Morgan fingerprint density at radius 1 is 1.05 bits per heavy atom. The van der Waals surface area contributed by atoms with Crippen LogP contribution in [0.3, 0.4) is 0 Å². The van der Waals surface area contributed by atoms with E-state index in [2.05, 4.69) is 32.9 Å². The summed E-state index contributed by atoms with van der Waals surface area (Å²) in [4.78, 5) is 0. The van der Waals surface area contributed by atoms with Crippen LogP contribution in [0, 0.1) is 17.3 Å². The van der Waals surface area contributed by atoms with Gasteiger partial charge in [-0.15, -0.1) is 0 Å². The zero-order valence-corrected chi connectivity index (χ0v) is 11.9. The van der Waals surface area contributed by atoms with Gasteiger partial charge in [0.05, 0.1) is 11.7 Å². The van der Waals surface area contributed by atoms with E-state index < -0.39 is 0 Å². The largest absolute Gasteiger partial charge is 0.342 e. The predicted molar refractivity (Wildman–Crippen MR) is 73.5 cm³/mol. The molecule has 0 bridgehead atoms. The van der Waals surface area contributed by atoms with Crippen molar-refractivity contribution in [3.63, 3.8) is 0 Å². The Bertz CT molecular complexity index is 495. The maximum absolute atomic E-state index is 6.31. The van der Waals surface area contributed by atoms with Crippen molar-refractivity contribution in [2.24, 2.45) is 17.3 Å². The quantitative estimate of drug-likeness (QED) is 0.760. The third-order valence-corrected chi connectivity index (χ3v) is 5.80. The second kappa shape index (κ2) is 3.62. The van der Waals surface area contributed by atoms with Gasteiger partial charge in [-0.2, -0.15) is 0 Å². The van der Waals surface area contributed by atoms with E-state index in [9.17, 15) is 0 Å². The highest BCUT2D eigenvalue weighted by molar-refractivity contribution is 5.20. The van der Waals surface area contributed by atoms with Crippen molar-refractivity contribution in [3.05, 3.63) is 35.9 Å². The Morgan fingerprint density at radius 2 is 1.79 bits per heavy atom. The molecule has 0 radical (unpaired) electrons. The number of hydrogen-bond donors (Lipinski definition) is 0. The smallest absolute Gasteiger partial charge is 0.185 e. The Hall–Kier alpha value is -0.860. The molecule has 0 aromatic heterocycles. The topological polar surface area (TPSA) is 18.5 Å². The number of fused-ring (bicyclic) bond motifs is 2. The standard InChI is InChI=1S/C17H22O2/c1-16(2)12-9-14-17(3,10-13(12)16)19-15(18-14)11-7-5-4-6-8-11/h4-8,12-15H,9-10H2,1-3H3/t12-,13+,14-,15+,17+/m1/s1. The highest BCUT2D eigenvalue weighted by Gasteiger charge is 2.66. The minimum atomic E-state index is -0.170. The molecule has 2 aliphatic carbocycles.